The lowest BCUT2D eigenvalue weighted by Gasteiger charge is -2.34. The van der Waals surface area contributed by atoms with Crippen LogP contribution < -0.4 is 30.4 Å². The number of rotatable bonds is 12. The number of para-hydroxylation sites is 4. The third-order valence-electron chi connectivity index (χ3n) is 6.64. The molecule has 0 spiro atoms. The largest absolute Gasteiger partial charge is 0.452 e. The summed E-state index contributed by atoms with van der Waals surface area (Å²) in [5.74, 6) is 0.299. The summed E-state index contributed by atoms with van der Waals surface area (Å²) in [6.07, 6.45) is 2.05. The first-order valence-corrected chi connectivity index (χ1v) is 13.8. The molecule has 0 atom stereocenters. The van der Waals surface area contributed by atoms with Gasteiger partial charge in [0.2, 0.25) is 0 Å². The molecule has 0 fully saturated rings. The zero-order chi connectivity index (χ0) is 29.4. The maximum Gasteiger partial charge on any atom is 0.254 e. The van der Waals surface area contributed by atoms with Gasteiger partial charge in [-0.15, -0.1) is 0 Å². The number of hydrogen-bond acceptors (Lipinski definition) is 7. The average Bonchev–Trinajstić information content (AvgIpc) is 2.99. The Morgan fingerprint density at radius 3 is 1.21 bits per heavy atom. The number of pyridine rings is 1. The number of nitrogens with two attached hydrogens (primary N) is 2. The molecule has 7 nitrogen and oxygen atoms in total. The highest BCUT2D eigenvalue weighted by atomic mass is 16.7. The molecule has 0 aliphatic heterocycles. The van der Waals surface area contributed by atoms with Gasteiger partial charge in [0.25, 0.3) is 11.6 Å². The van der Waals surface area contributed by atoms with Crippen molar-refractivity contribution in [1.29, 1.82) is 0 Å². The summed E-state index contributed by atoms with van der Waals surface area (Å²) in [5.41, 5.74) is 15.0. The lowest BCUT2D eigenvalue weighted by atomic mass is 9.97. The summed E-state index contributed by atoms with van der Waals surface area (Å²) in [6, 6.07) is 38.1. The Morgan fingerprint density at radius 2 is 0.857 bits per heavy atom. The predicted octanol–water partition coefficient (Wildman–Crippen LogP) is 7.08. The molecule has 42 heavy (non-hydrogen) atoms. The van der Waals surface area contributed by atoms with E-state index >= 15 is 0 Å². The second-order valence-electron chi connectivity index (χ2n) is 10.3. The van der Waals surface area contributed by atoms with Crippen molar-refractivity contribution in [1.82, 2.24) is 4.98 Å². The molecular weight excluding hydrogens is 526 g/mol. The molecular formula is C35H35N3O4. The van der Waals surface area contributed by atoms with Gasteiger partial charge in [0, 0.05) is 19.4 Å². The van der Waals surface area contributed by atoms with Crippen LogP contribution >= 0.6 is 0 Å². The number of nitrogen functional groups attached to an aromatic ring is 2. The minimum Gasteiger partial charge on any atom is -0.452 e. The van der Waals surface area contributed by atoms with E-state index in [9.17, 15) is 0 Å². The Labute approximate surface area is 246 Å². The second-order valence-corrected chi connectivity index (χ2v) is 10.3. The van der Waals surface area contributed by atoms with Gasteiger partial charge in [-0.05, 0) is 48.5 Å². The summed E-state index contributed by atoms with van der Waals surface area (Å²) >= 11 is 0. The molecule has 0 amide bonds. The molecule has 0 saturated heterocycles. The van der Waals surface area contributed by atoms with Crippen LogP contribution in [0.3, 0.4) is 0 Å². The van der Waals surface area contributed by atoms with Crippen LogP contribution in [0.1, 0.15) is 25.1 Å². The fraction of sp³-hybridized carbons (Fsp3) is 0.171. The van der Waals surface area contributed by atoms with E-state index in [1.807, 2.05) is 135 Å². The van der Waals surface area contributed by atoms with Gasteiger partial charge in [0.05, 0.1) is 36.1 Å². The van der Waals surface area contributed by atoms with E-state index in [2.05, 4.69) is 0 Å². The molecule has 0 unspecified atom stereocenters. The SMILES string of the molecule is CC(Cc1ncc(N)c(N)c1CC(C)(Oc1ccccc1)Oc1ccccc1)(Oc1ccccc1)Oc1ccccc1. The van der Waals surface area contributed by atoms with Crippen molar-refractivity contribution in [2.75, 3.05) is 11.5 Å². The first-order valence-electron chi connectivity index (χ1n) is 13.8. The van der Waals surface area contributed by atoms with Crippen LogP contribution in [0.25, 0.3) is 0 Å². The normalized spacial score (nSPS) is 11.5. The van der Waals surface area contributed by atoms with Gasteiger partial charge >= 0.3 is 0 Å². The average molecular weight is 562 g/mol. The topological polar surface area (TPSA) is 102 Å². The second kappa shape index (κ2) is 12.6. The number of aromatic nitrogens is 1. The summed E-state index contributed by atoms with van der Waals surface area (Å²) in [7, 11) is 0. The van der Waals surface area contributed by atoms with Gasteiger partial charge in [0.1, 0.15) is 23.0 Å². The number of ether oxygens (including phenoxy) is 4. The molecule has 5 rings (SSSR count). The van der Waals surface area contributed by atoms with Crippen molar-refractivity contribution in [2.45, 2.75) is 38.3 Å². The molecule has 5 aromatic rings. The minimum atomic E-state index is -1.17. The molecule has 0 aliphatic rings. The molecule has 0 radical (unpaired) electrons. The van der Waals surface area contributed by atoms with Crippen LogP contribution in [-0.4, -0.2) is 16.6 Å². The highest BCUT2D eigenvalue weighted by Gasteiger charge is 2.36. The molecule has 1 heterocycles. The quantitative estimate of drug-likeness (QED) is 0.157. The monoisotopic (exact) mass is 561 g/mol. The van der Waals surface area contributed by atoms with E-state index < -0.39 is 11.6 Å². The van der Waals surface area contributed by atoms with Gasteiger partial charge in [-0.1, -0.05) is 72.8 Å². The third kappa shape index (κ3) is 7.31. The molecule has 214 valence electrons. The molecule has 4 aromatic carbocycles. The molecule has 0 saturated carbocycles. The lowest BCUT2D eigenvalue weighted by molar-refractivity contribution is -0.102. The zero-order valence-electron chi connectivity index (χ0n) is 23.8. The van der Waals surface area contributed by atoms with E-state index in [4.69, 9.17) is 35.4 Å². The number of anilines is 2. The third-order valence-corrected chi connectivity index (χ3v) is 6.64. The fourth-order valence-electron chi connectivity index (χ4n) is 4.74. The maximum absolute atomic E-state index is 6.64. The first-order chi connectivity index (χ1) is 20.3. The van der Waals surface area contributed by atoms with Crippen molar-refractivity contribution >= 4 is 11.4 Å². The van der Waals surface area contributed by atoms with Crippen LogP contribution in [0.4, 0.5) is 11.4 Å². The lowest BCUT2D eigenvalue weighted by Crippen LogP contribution is -2.44. The summed E-state index contributed by atoms with van der Waals surface area (Å²) < 4.78 is 25.9. The Balaban J connectivity index is 1.53. The van der Waals surface area contributed by atoms with Crippen LogP contribution in [0.5, 0.6) is 23.0 Å². The number of nitrogens with zero attached hydrogens (tertiary/aromatic N) is 1. The summed E-state index contributed by atoms with van der Waals surface area (Å²) in [4.78, 5) is 4.73. The molecule has 0 aliphatic carbocycles. The Bertz CT molecular complexity index is 1480. The van der Waals surface area contributed by atoms with Crippen molar-refractivity contribution in [3.63, 3.8) is 0 Å². The highest BCUT2D eigenvalue weighted by molar-refractivity contribution is 5.67. The molecule has 4 N–H and O–H groups in total. The van der Waals surface area contributed by atoms with Gasteiger partial charge in [-0.3, -0.25) is 4.98 Å². The minimum absolute atomic E-state index is 0.239. The Morgan fingerprint density at radius 1 is 0.524 bits per heavy atom. The predicted molar refractivity (Wildman–Crippen MR) is 166 cm³/mol. The summed E-state index contributed by atoms with van der Waals surface area (Å²) in [6.45, 7) is 3.75. The smallest absolute Gasteiger partial charge is 0.254 e. The van der Waals surface area contributed by atoms with E-state index in [1.165, 1.54) is 0 Å². The fourth-order valence-corrected chi connectivity index (χ4v) is 4.74. The van der Waals surface area contributed by atoms with Crippen molar-refractivity contribution in [3.8, 4) is 23.0 Å². The van der Waals surface area contributed by atoms with E-state index in [-0.39, 0.29) is 12.8 Å². The molecule has 1 aromatic heterocycles. The van der Waals surface area contributed by atoms with Gasteiger partial charge in [-0.2, -0.15) is 0 Å². The standard InChI is InChI=1S/C35H35N3O4/c1-34(39-26-15-7-3-8-16-26,40-27-17-9-4-10-18-27)23-30-32(38-25-31(36)33(30)37)24-35(2,41-28-19-11-5-12-20-28)42-29-21-13-6-14-22-29/h3-22,25H,23-24,36H2,1-2H3,(H2,37,38). The first kappa shape index (κ1) is 28.4. The van der Waals surface area contributed by atoms with Crippen LogP contribution in [-0.2, 0) is 12.8 Å². The van der Waals surface area contributed by atoms with Gasteiger partial charge in [0.15, 0.2) is 0 Å². The van der Waals surface area contributed by atoms with Crippen LogP contribution in [0, 0.1) is 0 Å². The summed E-state index contributed by atoms with van der Waals surface area (Å²) in [5, 5.41) is 0. The zero-order valence-corrected chi connectivity index (χ0v) is 23.8. The Kier molecular flexibility index (Phi) is 8.48. The van der Waals surface area contributed by atoms with Crippen molar-refractivity contribution in [3.05, 3.63) is 139 Å². The maximum atomic E-state index is 6.64. The van der Waals surface area contributed by atoms with Crippen LogP contribution in [0.2, 0.25) is 0 Å². The van der Waals surface area contributed by atoms with E-state index in [0.717, 1.165) is 0 Å². The number of benzene rings is 4. The Hall–Kier alpha value is -5.17. The highest BCUT2D eigenvalue weighted by Crippen LogP contribution is 2.34. The molecule has 0 bridgehead atoms. The molecule has 7 heteroatoms. The van der Waals surface area contributed by atoms with E-state index in [0.29, 0.717) is 45.6 Å². The number of hydrogen-bond donors (Lipinski definition) is 2. The van der Waals surface area contributed by atoms with Crippen molar-refractivity contribution in [2.24, 2.45) is 0 Å². The van der Waals surface area contributed by atoms with E-state index in [1.54, 1.807) is 6.20 Å². The van der Waals surface area contributed by atoms with Gasteiger partial charge < -0.3 is 30.4 Å². The van der Waals surface area contributed by atoms with Crippen LogP contribution in [0.15, 0.2) is 128 Å². The van der Waals surface area contributed by atoms with Crippen molar-refractivity contribution < 1.29 is 18.9 Å². The van der Waals surface area contributed by atoms with Gasteiger partial charge in [-0.25, -0.2) is 0 Å².